The van der Waals surface area contributed by atoms with E-state index in [1.54, 1.807) is 0 Å². The summed E-state index contributed by atoms with van der Waals surface area (Å²) in [4.78, 5) is 0. The van der Waals surface area contributed by atoms with E-state index in [-0.39, 0.29) is 0 Å². The Bertz CT molecular complexity index is 351. The maximum Gasteiger partial charge on any atom is 0.145 e. The van der Waals surface area contributed by atoms with Gasteiger partial charge in [-0.2, -0.15) is 0 Å². The third kappa shape index (κ3) is 1.80. The minimum Gasteiger partial charge on any atom is -0.491 e. The first-order valence-electron chi connectivity index (χ1n) is 4.83. The van der Waals surface area contributed by atoms with Gasteiger partial charge in [-0.25, -0.2) is 0 Å². The van der Waals surface area contributed by atoms with Crippen LogP contribution in [0, 0.1) is 12.8 Å². The van der Waals surface area contributed by atoms with Gasteiger partial charge in [0.1, 0.15) is 5.75 Å². The Labute approximate surface area is 89.2 Å². The normalized spacial score (nSPS) is 20.4. The number of ether oxygens (including phenoxy) is 1. The maximum atomic E-state index is 5.98. The zero-order valence-electron chi connectivity index (χ0n) is 8.43. The van der Waals surface area contributed by atoms with Gasteiger partial charge in [0.05, 0.1) is 12.3 Å². The van der Waals surface area contributed by atoms with Crippen molar-refractivity contribution in [3.05, 3.63) is 22.7 Å². The first-order chi connectivity index (χ1) is 6.66. The molecule has 1 unspecified atom stereocenters. The van der Waals surface area contributed by atoms with Crippen molar-refractivity contribution >= 4 is 17.3 Å². The van der Waals surface area contributed by atoms with Crippen LogP contribution in [0.3, 0.4) is 0 Å². The molecule has 3 heteroatoms. The third-order valence-electron chi connectivity index (χ3n) is 2.39. The Balaban J connectivity index is 2.40. The number of aryl methyl sites for hydroxylation is 1. The molecule has 0 aliphatic carbocycles. The van der Waals surface area contributed by atoms with E-state index in [1.165, 1.54) is 0 Å². The molecule has 1 aliphatic heterocycles. The van der Waals surface area contributed by atoms with E-state index in [1.807, 2.05) is 19.1 Å². The van der Waals surface area contributed by atoms with Gasteiger partial charge in [-0.1, -0.05) is 18.5 Å². The predicted molar refractivity (Wildman–Crippen MR) is 59.3 cm³/mol. The summed E-state index contributed by atoms with van der Waals surface area (Å²) in [5.74, 6) is 1.47. The molecule has 0 saturated carbocycles. The minimum absolute atomic E-state index is 0.528. The monoisotopic (exact) mass is 211 g/mol. The molecule has 1 atom stereocenters. The van der Waals surface area contributed by atoms with Gasteiger partial charge < -0.3 is 10.1 Å². The molecule has 1 heterocycles. The first-order valence-corrected chi connectivity index (χ1v) is 5.21. The summed E-state index contributed by atoms with van der Waals surface area (Å²) >= 11 is 5.98. The van der Waals surface area contributed by atoms with E-state index in [9.17, 15) is 0 Å². The highest BCUT2D eigenvalue weighted by molar-refractivity contribution is 6.31. The smallest absolute Gasteiger partial charge is 0.145 e. The SMILES string of the molecule is Cc1cc(Cl)cc2c1OCC(C)CN2. The highest BCUT2D eigenvalue weighted by Gasteiger charge is 2.15. The van der Waals surface area contributed by atoms with Crippen molar-refractivity contribution in [2.45, 2.75) is 13.8 Å². The Morgan fingerprint density at radius 3 is 3.07 bits per heavy atom. The van der Waals surface area contributed by atoms with Gasteiger partial charge in [-0.05, 0) is 24.6 Å². The Hall–Kier alpha value is -0.890. The molecule has 1 aromatic carbocycles. The number of hydrogen-bond acceptors (Lipinski definition) is 2. The summed E-state index contributed by atoms with van der Waals surface area (Å²) in [6.07, 6.45) is 0. The second-order valence-corrected chi connectivity index (χ2v) is 4.33. The van der Waals surface area contributed by atoms with Crippen molar-refractivity contribution in [3.63, 3.8) is 0 Å². The molecule has 1 aromatic rings. The van der Waals surface area contributed by atoms with Gasteiger partial charge in [-0.3, -0.25) is 0 Å². The second-order valence-electron chi connectivity index (χ2n) is 3.90. The third-order valence-corrected chi connectivity index (χ3v) is 2.61. The maximum absolute atomic E-state index is 5.98. The number of hydrogen-bond donors (Lipinski definition) is 1. The quantitative estimate of drug-likeness (QED) is 0.712. The lowest BCUT2D eigenvalue weighted by molar-refractivity contribution is 0.274. The molecule has 0 aromatic heterocycles. The topological polar surface area (TPSA) is 21.3 Å². The van der Waals surface area contributed by atoms with Crippen LogP contribution in [0.15, 0.2) is 12.1 Å². The van der Waals surface area contributed by atoms with Crippen molar-refractivity contribution in [3.8, 4) is 5.75 Å². The lowest BCUT2D eigenvalue weighted by atomic mass is 10.2. The average Bonchev–Trinajstić information content (AvgIpc) is 2.28. The molecule has 1 N–H and O–H groups in total. The molecule has 0 saturated heterocycles. The second kappa shape index (κ2) is 3.70. The summed E-state index contributed by atoms with van der Waals surface area (Å²) in [6, 6.07) is 3.85. The largest absolute Gasteiger partial charge is 0.491 e. The van der Waals surface area contributed by atoms with E-state index >= 15 is 0 Å². The van der Waals surface area contributed by atoms with Gasteiger partial charge in [0.25, 0.3) is 0 Å². The number of benzene rings is 1. The standard InChI is InChI=1S/C11H14ClNO/c1-7-5-13-10-4-9(12)3-8(2)11(10)14-6-7/h3-4,7,13H,5-6H2,1-2H3. The van der Waals surface area contributed by atoms with E-state index in [2.05, 4.69) is 12.2 Å². The first kappa shape index (κ1) is 9.66. The number of fused-ring (bicyclic) bond motifs is 1. The van der Waals surface area contributed by atoms with Crippen molar-refractivity contribution in [1.82, 2.24) is 0 Å². The summed E-state index contributed by atoms with van der Waals surface area (Å²) in [7, 11) is 0. The van der Waals surface area contributed by atoms with Gasteiger partial charge in [0.15, 0.2) is 0 Å². The zero-order chi connectivity index (χ0) is 10.1. The summed E-state index contributed by atoms with van der Waals surface area (Å²) in [5.41, 5.74) is 2.11. The fraction of sp³-hybridized carbons (Fsp3) is 0.455. The summed E-state index contributed by atoms with van der Waals surface area (Å²) in [5, 5.41) is 4.10. The molecule has 0 fully saturated rings. The lowest BCUT2D eigenvalue weighted by Gasteiger charge is -2.10. The molecular formula is C11H14ClNO. The predicted octanol–water partition coefficient (Wildman–Crippen LogP) is 3.09. The van der Waals surface area contributed by atoms with Gasteiger partial charge in [0.2, 0.25) is 0 Å². The van der Waals surface area contributed by atoms with Crippen LogP contribution in [-0.4, -0.2) is 13.2 Å². The van der Waals surface area contributed by atoms with Crippen molar-refractivity contribution in [2.24, 2.45) is 5.92 Å². The number of anilines is 1. The summed E-state index contributed by atoms with van der Waals surface area (Å²) < 4.78 is 5.73. The average molecular weight is 212 g/mol. The van der Waals surface area contributed by atoms with Crippen LogP contribution in [0.5, 0.6) is 5.75 Å². The Morgan fingerprint density at radius 1 is 1.50 bits per heavy atom. The number of nitrogens with one attached hydrogen (secondary N) is 1. The highest BCUT2D eigenvalue weighted by Crippen LogP contribution is 2.34. The minimum atomic E-state index is 0.528. The van der Waals surface area contributed by atoms with E-state index in [0.29, 0.717) is 5.92 Å². The van der Waals surface area contributed by atoms with Gasteiger partial charge in [-0.15, -0.1) is 0 Å². The molecule has 0 spiro atoms. The van der Waals surface area contributed by atoms with Crippen LogP contribution in [0.2, 0.25) is 5.02 Å². The number of halogens is 1. The van der Waals surface area contributed by atoms with Crippen LogP contribution >= 0.6 is 11.6 Å². The summed E-state index contributed by atoms with van der Waals surface area (Å²) in [6.45, 7) is 5.88. The van der Waals surface area contributed by atoms with E-state index in [0.717, 1.165) is 35.2 Å². The fourth-order valence-corrected chi connectivity index (χ4v) is 1.89. The van der Waals surface area contributed by atoms with Crippen LogP contribution in [0.4, 0.5) is 5.69 Å². The molecule has 0 bridgehead atoms. The van der Waals surface area contributed by atoms with Crippen molar-refractivity contribution < 1.29 is 4.74 Å². The fourth-order valence-electron chi connectivity index (χ4n) is 1.62. The van der Waals surface area contributed by atoms with Crippen LogP contribution < -0.4 is 10.1 Å². The van der Waals surface area contributed by atoms with E-state index in [4.69, 9.17) is 16.3 Å². The Kier molecular flexibility index (Phi) is 2.55. The Morgan fingerprint density at radius 2 is 2.29 bits per heavy atom. The molecule has 0 radical (unpaired) electrons. The van der Waals surface area contributed by atoms with Crippen molar-refractivity contribution in [2.75, 3.05) is 18.5 Å². The van der Waals surface area contributed by atoms with Crippen LogP contribution in [-0.2, 0) is 0 Å². The molecule has 0 amide bonds. The molecule has 2 rings (SSSR count). The molecular weight excluding hydrogens is 198 g/mol. The molecule has 1 aliphatic rings. The van der Waals surface area contributed by atoms with Crippen LogP contribution in [0.25, 0.3) is 0 Å². The molecule has 76 valence electrons. The van der Waals surface area contributed by atoms with Crippen LogP contribution in [0.1, 0.15) is 12.5 Å². The lowest BCUT2D eigenvalue weighted by Crippen LogP contribution is -2.13. The van der Waals surface area contributed by atoms with E-state index < -0.39 is 0 Å². The van der Waals surface area contributed by atoms with Gasteiger partial charge >= 0.3 is 0 Å². The highest BCUT2D eigenvalue weighted by atomic mass is 35.5. The van der Waals surface area contributed by atoms with Gasteiger partial charge in [0, 0.05) is 17.5 Å². The number of rotatable bonds is 0. The molecule has 2 nitrogen and oxygen atoms in total. The zero-order valence-corrected chi connectivity index (χ0v) is 9.19. The molecule has 14 heavy (non-hydrogen) atoms. The van der Waals surface area contributed by atoms with Crippen molar-refractivity contribution in [1.29, 1.82) is 0 Å².